The summed E-state index contributed by atoms with van der Waals surface area (Å²) >= 11 is 0. The summed E-state index contributed by atoms with van der Waals surface area (Å²) in [5.41, 5.74) is 6.44. The van der Waals surface area contributed by atoms with E-state index in [1.807, 2.05) is 10.6 Å². The van der Waals surface area contributed by atoms with Gasteiger partial charge < -0.3 is 14.2 Å². The largest absolute Gasteiger partial charge is 0.379 e. The fraction of sp³-hybridized carbons (Fsp3) is 0.500. The first-order chi connectivity index (χ1) is 18.9. The Balaban J connectivity index is 1.42. The summed E-state index contributed by atoms with van der Waals surface area (Å²) in [5, 5.41) is 10.3. The van der Waals surface area contributed by atoms with Crippen LogP contribution in [0.25, 0.3) is 10.9 Å². The second-order valence-electron chi connectivity index (χ2n) is 11.6. The number of halogens is 1. The Kier molecular flexibility index (Phi) is 6.73. The highest BCUT2D eigenvalue weighted by molar-refractivity contribution is 6.20. The van der Waals surface area contributed by atoms with Gasteiger partial charge in [-0.1, -0.05) is 26.8 Å². The summed E-state index contributed by atoms with van der Waals surface area (Å²) in [6.07, 6.45) is 3.10. The van der Waals surface area contributed by atoms with Gasteiger partial charge >= 0.3 is 0 Å². The zero-order valence-corrected chi connectivity index (χ0v) is 23.2. The van der Waals surface area contributed by atoms with Crippen molar-refractivity contribution < 1.29 is 13.9 Å². The molecule has 3 heterocycles. The molecular weight excluding hydrogens is 490 g/mol. The number of alkyl halides is 1. The predicted octanol–water partition coefficient (Wildman–Crippen LogP) is 5.22. The fourth-order valence-corrected chi connectivity index (χ4v) is 7.21. The smallest absolute Gasteiger partial charge is 0.195 e. The summed E-state index contributed by atoms with van der Waals surface area (Å²) in [7, 11) is 0. The Morgan fingerprint density at radius 3 is 2.51 bits per heavy atom. The second-order valence-corrected chi connectivity index (χ2v) is 11.6. The minimum atomic E-state index is -0.539. The van der Waals surface area contributed by atoms with Crippen molar-refractivity contribution in [2.45, 2.75) is 58.0 Å². The van der Waals surface area contributed by atoms with E-state index in [9.17, 15) is 14.4 Å². The summed E-state index contributed by atoms with van der Waals surface area (Å²) in [5.74, 6) is -0.00100. The van der Waals surface area contributed by atoms with E-state index in [2.05, 4.69) is 48.8 Å². The minimum Gasteiger partial charge on any atom is -0.379 e. The standard InChI is InChI=1S/C32H37FN4O2/c1-4-22-18-25-26(19-27(22)36-10-7-23(8-11-36)35-13-15-39-16-14-35)32(2,3)31-29(30(25)38)24-6-5-21(20-34)17-28(24)37(31)12-9-33/h5-6,17-19,23H,4,7-16H2,1-3H3/i33-1. The van der Waals surface area contributed by atoms with Crippen molar-refractivity contribution in [3.8, 4) is 6.07 Å². The van der Waals surface area contributed by atoms with Crippen LogP contribution in [0.3, 0.4) is 0 Å². The van der Waals surface area contributed by atoms with Crippen LogP contribution in [0.1, 0.15) is 71.9 Å². The van der Waals surface area contributed by atoms with E-state index in [0.29, 0.717) is 17.2 Å². The van der Waals surface area contributed by atoms with Gasteiger partial charge in [-0.05, 0) is 54.7 Å². The maximum atomic E-state index is 14.2. The zero-order valence-electron chi connectivity index (χ0n) is 23.2. The van der Waals surface area contributed by atoms with Crippen molar-refractivity contribution in [1.29, 1.82) is 5.26 Å². The van der Waals surface area contributed by atoms with Gasteiger partial charge in [0.1, 0.15) is 6.67 Å². The molecule has 39 heavy (non-hydrogen) atoms. The third-order valence-corrected chi connectivity index (χ3v) is 9.21. The molecule has 3 aliphatic rings. The number of ether oxygens (including phenoxy) is 1. The fourth-order valence-electron chi connectivity index (χ4n) is 7.21. The van der Waals surface area contributed by atoms with Crippen molar-refractivity contribution in [3.63, 3.8) is 0 Å². The molecule has 1 aromatic heterocycles. The Labute approximate surface area is 229 Å². The molecule has 0 atom stereocenters. The van der Waals surface area contributed by atoms with E-state index in [-0.39, 0.29) is 12.3 Å². The van der Waals surface area contributed by atoms with Crippen molar-refractivity contribution in [3.05, 3.63) is 63.8 Å². The number of aryl methyl sites for hydroxylation is 2. The van der Waals surface area contributed by atoms with Gasteiger partial charge in [-0.25, -0.2) is 4.39 Å². The molecule has 204 valence electrons. The van der Waals surface area contributed by atoms with E-state index in [1.54, 1.807) is 12.1 Å². The van der Waals surface area contributed by atoms with Crippen LogP contribution in [0.2, 0.25) is 0 Å². The lowest BCUT2D eigenvalue weighted by atomic mass is 9.70. The van der Waals surface area contributed by atoms with Crippen LogP contribution in [-0.2, 0) is 23.1 Å². The molecule has 3 aromatic rings. The number of carbonyl (C=O) groups is 1. The molecule has 0 amide bonds. The van der Waals surface area contributed by atoms with E-state index >= 15 is 0 Å². The molecule has 2 fully saturated rings. The number of carbonyl (C=O) groups excluding carboxylic acids is 1. The van der Waals surface area contributed by atoms with Crippen molar-refractivity contribution in [2.75, 3.05) is 51.0 Å². The average molecular weight is 528 g/mol. The van der Waals surface area contributed by atoms with Crippen LogP contribution in [0, 0.1) is 11.3 Å². The van der Waals surface area contributed by atoms with Gasteiger partial charge in [-0.3, -0.25) is 9.69 Å². The molecule has 2 aromatic carbocycles. The van der Waals surface area contributed by atoms with Crippen LogP contribution in [0.4, 0.5) is 10.1 Å². The first-order valence-corrected chi connectivity index (χ1v) is 14.3. The highest BCUT2D eigenvalue weighted by Gasteiger charge is 2.42. The molecule has 0 spiro atoms. The number of anilines is 1. The Morgan fingerprint density at radius 1 is 1.10 bits per heavy atom. The third kappa shape index (κ3) is 4.16. The Bertz CT molecular complexity index is 1470. The summed E-state index contributed by atoms with van der Waals surface area (Å²) in [6.45, 7) is 11.7. The number of hydrogen-bond donors (Lipinski definition) is 0. The van der Waals surface area contributed by atoms with Gasteiger partial charge in [0.2, 0.25) is 0 Å². The number of morpholine rings is 1. The van der Waals surface area contributed by atoms with E-state index in [0.717, 1.165) is 86.4 Å². The lowest BCUT2D eigenvalue weighted by Gasteiger charge is -2.42. The predicted molar refractivity (Wildman–Crippen MR) is 152 cm³/mol. The molecule has 0 bridgehead atoms. The normalized spacial score (nSPS) is 19.7. The van der Waals surface area contributed by atoms with Crippen molar-refractivity contribution in [2.24, 2.45) is 0 Å². The highest BCUT2D eigenvalue weighted by Crippen LogP contribution is 2.47. The van der Waals surface area contributed by atoms with Gasteiger partial charge in [0.15, 0.2) is 5.78 Å². The van der Waals surface area contributed by atoms with Crippen LogP contribution >= 0.6 is 0 Å². The summed E-state index contributed by atoms with van der Waals surface area (Å²) in [4.78, 5) is 19.2. The summed E-state index contributed by atoms with van der Waals surface area (Å²) < 4.78 is 21.4. The van der Waals surface area contributed by atoms with E-state index in [1.165, 1.54) is 11.3 Å². The molecule has 1 aliphatic carbocycles. The molecule has 6 nitrogen and oxygen atoms in total. The van der Waals surface area contributed by atoms with Crippen molar-refractivity contribution in [1.82, 2.24) is 9.47 Å². The van der Waals surface area contributed by atoms with Crippen LogP contribution in [0.5, 0.6) is 0 Å². The number of aromatic nitrogens is 1. The van der Waals surface area contributed by atoms with E-state index in [4.69, 9.17) is 4.74 Å². The molecule has 0 N–H and O–H groups in total. The quantitative estimate of drug-likeness (QED) is 0.456. The molecule has 2 saturated heterocycles. The van der Waals surface area contributed by atoms with Gasteiger partial charge in [0, 0.05) is 60.0 Å². The van der Waals surface area contributed by atoms with Gasteiger partial charge in [-0.15, -0.1) is 0 Å². The van der Waals surface area contributed by atoms with E-state index < -0.39 is 12.1 Å². The number of nitrogens with zero attached hydrogens (tertiary/aromatic N) is 4. The first kappa shape index (κ1) is 26.0. The number of piperidine rings is 1. The number of benzene rings is 2. The molecular formula is C32H37FN4O2. The maximum absolute atomic E-state index is 14.2. The van der Waals surface area contributed by atoms with Crippen LogP contribution in [0.15, 0.2) is 30.3 Å². The van der Waals surface area contributed by atoms with Gasteiger partial charge in [0.05, 0.1) is 42.5 Å². The van der Waals surface area contributed by atoms with Gasteiger partial charge in [-0.2, -0.15) is 5.26 Å². The molecule has 0 saturated carbocycles. The molecule has 7 heteroatoms. The maximum Gasteiger partial charge on any atom is 0.195 e. The Morgan fingerprint density at radius 2 is 1.85 bits per heavy atom. The number of rotatable bonds is 5. The number of hydrogen-bond acceptors (Lipinski definition) is 5. The number of nitriles is 1. The second kappa shape index (κ2) is 10.1. The Hall–Kier alpha value is -3.21. The summed E-state index contributed by atoms with van der Waals surface area (Å²) in [6, 6.07) is 12.6. The number of fused-ring (bicyclic) bond motifs is 4. The third-order valence-electron chi connectivity index (χ3n) is 9.21. The highest BCUT2D eigenvalue weighted by atomic mass is 18.2. The lowest BCUT2D eigenvalue weighted by molar-refractivity contribution is 0.0115. The SMILES string of the molecule is CCc1cc2c(cc1N1CCC(N3CCOCC3)CC1)C(C)(C)c1c(c3ccc(C#N)cc3n1CC[18F])C2=O. The minimum absolute atomic E-state index is 0.00100. The number of ketones is 1. The van der Waals surface area contributed by atoms with Crippen LogP contribution in [-0.4, -0.2) is 67.4 Å². The van der Waals surface area contributed by atoms with Crippen LogP contribution < -0.4 is 4.90 Å². The lowest BCUT2D eigenvalue weighted by Crippen LogP contribution is -2.49. The molecule has 2 aliphatic heterocycles. The van der Waals surface area contributed by atoms with Crippen molar-refractivity contribution >= 4 is 22.4 Å². The van der Waals surface area contributed by atoms with Gasteiger partial charge in [0.25, 0.3) is 0 Å². The topological polar surface area (TPSA) is 61.5 Å². The zero-order chi connectivity index (χ0) is 27.3. The molecule has 0 radical (unpaired) electrons. The average Bonchev–Trinajstić information content (AvgIpc) is 3.30. The first-order valence-electron chi connectivity index (χ1n) is 14.3. The molecule has 0 unspecified atom stereocenters. The monoisotopic (exact) mass is 527 g/mol. The molecule has 6 rings (SSSR count).